The molecule has 5 nitrogen and oxygen atoms in total. The Morgan fingerprint density at radius 2 is 2.00 bits per heavy atom. The largest absolute Gasteiger partial charge is 0.494 e. The molecule has 0 saturated carbocycles. The highest BCUT2D eigenvalue weighted by atomic mass is 32.2. The van der Waals surface area contributed by atoms with E-state index >= 15 is 0 Å². The maximum absolute atomic E-state index is 12.2. The van der Waals surface area contributed by atoms with Crippen LogP contribution >= 0.6 is 11.3 Å². The summed E-state index contributed by atoms with van der Waals surface area (Å²) >= 11 is 1.33. The highest BCUT2D eigenvalue weighted by Crippen LogP contribution is 2.23. The molecule has 0 spiro atoms. The van der Waals surface area contributed by atoms with Crippen molar-refractivity contribution >= 4 is 27.0 Å². The first kappa shape index (κ1) is 15.8. The number of hydrogen-bond donors (Lipinski definition) is 2. The van der Waals surface area contributed by atoms with Gasteiger partial charge in [-0.25, -0.2) is 8.42 Å². The van der Waals surface area contributed by atoms with E-state index in [-0.39, 0.29) is 4.90 Å². The van der Waals surface area contributed by atoms with E-state index in [1.54, 1.807) is 35.7 Å². The molecule has 2 aromatic rings. The average molecular weight is 326 g/mol. The van der Waals surface area contributed by atoms with E-state index in [0.29, 0.717) is 18.8 Å². The lowest BCUT2D eigenvalue weighted by atomic mass is 10.3. The Bertz CT molecular complexity index is 678. The van der Waals surface area contributed by atoms with Gasteiger partial charge in [-0.1, -0.05) is 6.92 Å². The van der Waals surface area contributed by atoms with Crippen LogP contribution < -0.4 is 15.2 Å². The molecule has 1 heterocycles. The molecule has 1 aromatic carbocycles. The average Bonchev–Trinajstić information content (AvgIpc) is 2.96. The van der Waals surface area contributed by atoms with Crippen LogP contribution in [0.25, 0.3) is 0 Å². The zero-order valence-corrected chi connectivity index (χ0v) is 13.3. The van der Waals surface area contributed by atoms with E-state index in [9.17, 15) is 8.42 Å². The van der Waals surface area contributed by atoms with Crippen LogP contribution in [0.1, 0.15) is 18.2 Å². The Labute approximate surface area is 128 Å². The van der Waals surface area contributed by atoms with Gasteiger partial charge in [0, 0.05) is 22.5 Å². The molecule has 0 aliphatic carbocycles. The maximum atomic E-state index is 12.2. The molecule has 114 valence electrons. The van der Waals surface area contributed by atoms with E-state index in [0.717, 1.165) is 17.0 Å². The number of benzene rings is 1. The van der Waals surface area contributed by atoms with Crippen LogP contribution in [-0.2, 0) is 16.6 Å². The van der Waals surface area contributed by atoms with Crippen LogP contribution in [0.15, 0.2) is 40.6 Å². The van der Waals surface area contributed by atoms with Crippen LogP contribution in [0, 0.1) is 0 Å². The van der Waals surface area contributed by atoms with Gasteiger partial charge in [-0.3, -0.25) is 4.72 Å². The van der Waals surface area contributed by atoms with Gasteiger partial charge in [0.2, 0.25) is 0 Å². The summed E-state index contributed by atoms with van der Waals surface area (Å²) in [7, 11) is -3.57. The highest BCUT2D eigenvalue weighted by molar-refractivity contribution is 7.92. The Kier molecular flexibility index (Phi) is 5.22. The standard InChI is InChI=1S/C14H18N2O3S2/c1-2-7-19-12-5-3-11(4-6-12)16-21(17,18)14-8-13(9-15)20-10-14/h3-6,8,10,16H,2,7,9,15H2,1H3. The SMILES string of the molecule is CCCOc1ccc(NS(=O)(=O)c2csc(CN)c2)cc1. The third kappa shape index (κ3) is 4.20. The first-order valence-corrected chi connectivity index (χ1v) is 8.94. The molecular formula is C14H18N2O3S2. The van der Waals surface area contributed by atoms with Crippen LogP contribution in [-0.4, -0.2) is 15.0 Å². The molecule has 0 aliphatic heterocycles. The van der Waals surface area contributed by atoms with E-state index < -0.39 is 10.0 Å². The van der Waals surface area contributed by atoms with Crippen molar-refractivity contribution in [1.29, 1.82) is 0 Å². The number of thiophene rings is 1. The number of hydrogen-bond acceptors (Lipinski definition) is 5. The normalized spacial score (nSPS) is 11.3. The van der Waals surface area contributed by atoms with Crippen LogP contribution in [0.3, 0.4) is 0 Å². The van der Waals surface area contributed by atoms with Gasteiger partial charge in [0.25, 0.3) is 10.0 Å². The van der Waals surface area contributed by atoms with Crippen LogP contribution in [0.2, 0.25) is 0 Å². The number of nitrogens with one attached hydrogen (secondary N) is 1. The summed E-state index contributed by atoms with van der Waals surface area (Å²) in [6.45, 7) is 3.00. The quantitative estimate of drug-likeness (QED) is 0.820. The fourth-order valence-corrected chi connectivity index (χ4v) is 3.88. The number of sulfonamides is 1. The van der Waals surface area contributed by atoms with Crippen molar-refractivity contribution in [1.82, 2.24) is 0 Å². The van der Waals surface area contributed by atoms with Gasteiger partial charge in [-0.2, -0.15) is 0 Å². The van der Waals surface area contributed by atoms with E-state index in [1.165, 1.54) is 11.3 Å². The van der Waals surface area contributed by atoms with Crippen LogP contribution in [0.4, 0.5) is 5.69 Å². The summed E-state index contributed by atoms with van der Waals surface area (Å²) in [6.07, 6.45) is 0.927. The Morgan fingerprint density at radius 3 is 2.57 bits per heavy atom. The van der Waals surface area contributed by atoms with Gasteiger partial charge in [-0.05, 0) is 36.8 Å². The number of anilines is 1. The topological polar surface area (TPSA) is 81.4 Å². The fourth-order valence-electron chi connectivity index (χ4n) is 1.66. The minimum Gasteiger partial charge on any atom is -0.494 e. The highest BCUT2D eigenvalue weighted by Gasteiger charge is 2.16. The summed E-state index contributed by atoms with van der Waals surface area (Å²) in [5.74, 6) is 0.723. The lowest BCUT2D eigenvalue weighted by Crippen LogP contribution is -2.12. The van der Waals surface area contributed by atoms with Crippen molar-refractivity contribution in [3.8, 4) is 5.75 Å². The predicted molar refractivity (Wildman–Crippen MR) is 85.2 cm³/mol. The molecule has 21 heavy (non-hydrogen) atoms. The third-order valence-electron chi connectivity index (χ3n) is 2.72. The van der Waals surface area contributed by atoms with E-state index in [4.69, 9.17) is 10.5 Å². The van der Waals surface area contributed by atoms with Gasteiger partial charge in [0.05, 0.1) is 11.5 Å². The molecule has 0 amide bonds. The molecule has 0 atom stereocenters. The van der Waals surface area contributed by atoms with Crippen LogP contribution in [0.5, 0.6) is 5.75 Å². The van der Waals surface area contributed by atoms with Gasteiger partial charge < -0.3 is 10.5 Å². The van der Waals surface area contributed by atoms with Crippen molar-refractivity contribution in [3.63, 3.8) is 0 Å². The number of rotatable bonds is 7. The Hall–Kier alpha value is -1.57. The molecule has 0 radical (unpaired) electrons. The number of ether oxygens (including phenoxy) is 1. The van der Waals surface area contributed by atoms with Gasteiger partial charge in [-0.15, -0.1) is 11.3 Å². The fraction of sp³-hybridized carbons (Fsp3) is 0.286. The zero-order chi connectivity index (χ0) is 15.3. The first-order chi connectivity index (χ1) is 10.0. The predicted octanol–water partition coefficient (Wildman–Crippen LogP) is 2.80. The van der Waals surface area contributed by atoms with Gasteiger partial charge in [0.1, 0.15) is 5.75 Å². The molecule has 0 aliphatic rings. The summed E-state index contributed by atoms with van der Waals surface area (Å²) in [5.41, 5.74) is 6.00. The van der Waals surface area contributed by atoms with E-state index in [2.05, 4.69) is 4.72 Å². The summed E-state index contributed by atoms with van der Waals surface area (Å²) < 4.78 is 32.4. The smallest absolute Gasteiger partial charge is 0.262 e. The van der Waals surface area contributed by atoms with Crippen molar-refractivity contribution in [2.75, 3.05) is 11.3 Å². The minimum absolute atomic E-state index is 0.235. The minimum atomic E-state index is -3.57. The molecule has 0 fully saturated rings. The molecule has 2 rings (SSSR count). The number of nitrogens with two attached hydrogens (primary N) is 1. The Morgan fingerprint density at radius 1 is 1.29 bits per heavy atom. The van der Waals surface area contributed by atoms with E-state index in [1.807, 2.05) is 6.92 Å². The lowest BCUT2D eigenvalue weighted by molar-refractivity contribution is 0.317. The second kappa shape index (κ2) is 6.93. The van der Waals surface area contributed by atoms with Crippen molar-refractivity contribution < 1.29 is 13.2 Å². The van der Waals surface area contributed by atoms with Gasteiger partial charge >= 0.3 is 0 Å². The molecule has 1 aromatic heterocycles. The third-order valence-corrected chi connectivity index (χ3v) is 5.19. The van der Waals surface area contributed by atoms with Gasteiger partial charge in [0.15, 0.2) is 0 Å². The lowest BCUT2D eigenvalue weighted by Gasteiger charge is -2.08. The molecule has 3 N–H and O–H groups in total. The second-order valence-electron chi connectivity index (χ2n) is 4.43. The van der Waals surface area contributed by atoms with Crippen molar-refractivity contribution in [2.24, 2.45) is 5.73 Å². The summed E-state index contributed by atoms with van der Waals surface area (Å²) in [5, 5.41) is 1.59. The molecule has 0 unspecified atom stereocenters. The van der Waals surface area contributed by atoms with Crippen molar-refractivity contribution in [2.45, 2.75) is 24.8 Å². The van der Waals surface area contributed by atoms with Crippen molar-refractivity contribution in [3.05, 3.63) is 40.6 Å². The summed E-state index contributed by atoms with van der Waals surface area (Å²) in [4.78, 5) is 1.07. The molecular weight excluding hydrogens is 308 g/mol. The first-order valence-electron chi connectivity index (χ1n) is 6.58. The second-order valence-corrected chi connectivity index (χ2v) is 7.11. The molecule has 7 heteroatoms. The Balaban J connectivity index is 2.09. The summed E-state index contributed by atoms with van der Waals surface area (Å²) in [6, 6.07) is 8.43. The maximum Gasteiger partial charge on any atom is 0.262 e. The monoisotopic (exact) mass is 326 g/mol. The zero-order valence-electron chi connectivity index (χ0n) is 11.7. The molecule has 0 saturated heterocycles. The molecule has 0 bridgehead atoms.